The van der Waals surface area contributed by atoms with Crippen LogP contribution >= 0.6 is 0 Å². The van der Waals surface area contributed by atoms with Crippen LogP contribution in [-0.4, -0.2) is 42.1 Å². The lowest BCUT2D eigenvalue weighted by Gasteiger charge is -2.32. The van der Waals surface area contributed by atoms with E-state index in [1.807, 2.05) is 6.92 Å². The Balaban J connectivity index is 1.74. The van der Waals surface area contributed by atoms with E-state index in [0.717, 1.165) is 18.4 Å². The molecule has 1 amide bonds. The van der Waals surface area contributed by atoms with Gasteiger partial charge in [-0.2, -0.15) is 0 Å². The fourth-order valence-corrected chi connectivity index (χ4v) is 4.08. The molecule has 0 aromatic heterocycles. The van der Waals surface area contributed by atoms with Crippen LogP contribution in [-0.2, 0) is 9.53 Å². The predicted octanol–water partition coefficient (Wildman–Crippen LogP) is 3.07. The van der Waals surface area contributed by atoms with Gasteiger partial charge in [-0.3, -0.25) is 9.69 Å². The SMILES string of the molecule is CC1=CC=C(F)C(OCC2(CC3CCCCC3)N=C(N)N(C)C2=O)C1. The van der Waals surface area contributed by atoms with Crippen LogP contribution in [0.5, 0.6) is 0 Å². The van der Waals surface area contributed by atoms with Crippen molar-refractivity contribution in [3.63, 3.8) is 0 Å². The first-order valence-electron chi connectivity index (χ1n) is 9.19. The Morgan fingerprint density at radius 1 is 1.36 bits per heavy atom. The first-order valence-corrected chi connectivity index (χ1v) is 9.19. The molecule has 3 rings (SSSR count). The topological polar surface area (TPSA) is 67.9 Å². The monoisotopic (exact) mass is 349 g/mol. The van der Waals surface area contributed by atoms with Crippen molar-refractivity contribution in [2.45, 2.75) is 63.5 Å². The Hall–Kier alpha value is -1.69. The largest absolute Gasteiger partial charge is 0.369 e. The van der Waals surface area contributed by atoms with Gasteiger partial charge in [-0.1, -0.05) is 43.8 Å². The Morgan fingerprint density at radius 2 is 2.08 bits per heavy atom. The summed E-state index contributed by atoms with van der Waals surface area (Å²) in [5.41, 5.74) is 5.97. The highest BCUT2D eigenvalue weighted by atomic mass is 19.1. The Bertz CT molecular complexity index is 622. The molecule has 0 saturated heterocycles. The number of nitrogens with two attached hydrogens (primary N) is 1. The molecule has 0 radical (unpaired) electrons. The van der Waals surface area contributed by atoms with Crippen LogP contribution in [0, 0.1) is 5.92 Å². The minimum absolute atomic E-state index is 0.0760. The number of allylic oxidation sites excluding steroid dienone is 2. The van der Waals surface area contributed by atoms with E-state index in [9.17, 15) is 9.18 Å². The summed E-state index contributed by atoms with van der Waals surface area (Å²) in [6, 6.07) is 0. The zero-order valence-corrected chi connectivity index (χ0v) is 15.1. The van der Waals surface area contributed by atoms with Crippen molar-refractivity contribution in [1.29, 1.82) is 0 Å². The molecule has 1 fully saturated rings. The van der Waals surface area contributed by atoms with E-state index in [1.54, 1.807) is 13.1 Å². The number of ether oxygens (including phenoxy) is 1. The Kier molecular flexibility index (Phi) is 5.27. The van der Waals surface area contributed by atoms with Gasteiger partial charge in [0.15, 0.2) is 11.5 Å². The van der Waals surface area contributed by atoms with E-state index >= 15 is 0 Å². The van der Waals surface area contributed by atoms with Crippen molar-refractivity contribution in [3.05, 3.63) is 23.6 Å². The number of nitrogens with zero attached hydrogens (tertiary/aromatic N) is 2. The van der Waals surface area contributed by atoms with E-state index in [0.29, 0.717) is 18.8 Å². The van der Waals surface area contributed by atoms with Crippen molar-refractivity contribution < 1.29 is 13.9 Å². The van der Waals surface area contributed by atoms with Gasteiger partial charge < -0.3 is 10.5 Å². The average molecular weight is 349 g/mol. The highest BCUT2D eigenvalue weighted by Gasteiger charge is 2.48. The van der Waals surface area contributed by atoms with Gasteiger partial charge in [0.2, 0.25) is 0 Å². The molecular formula is C19H28FN3O2. The van der Waals surface area contributed by atoms with Gasteiger partial charge >= 0.3 is 0 Å². The van der Waals surface area contributed by atoms with Gasteiger partial charge in [0.1, 0.15) is 11.9 Å². The molecule has 0 spiro atoms. The van der Waals surface area contributed by atoms with Crippen LogP contribution in [0.3, 0.4) is 0 Å². The molecule has 0 aromatic rings. The summed E-state index contributed by atoms with van der Waals surface area (Å²) in [5.74, 6) is 0.232. The molecule has 2 atom stereocenters. The number of aliphatic imine (C=N–C) groups is 1. The number of hydrogen-bond donors (Lipinski definition) is 1. The number of carbonyl (C=O) groups excluding carboxylic acids is 1. The minimum Gasteiger partial charge on any atom is -0.369 e. The summed E-state index contributed by atoms with van der Waals surface area (Å²) < 4.78 is 19.9. The van der Waals surface area contributed by atoms with Crippen LogP contribution < -0.4 is 5.73 Å². The number of likely N-dealkylation sites (N-methyl/N-ethyl adjacent to an activating group) is 1. The van der Waals surface area contributed by atoms with Crippen molar-refractivity contribution in [2.24, 2.45) is 16.6 Å². The normalized spacial score (nSPS) is 31.0. The van der Waals surface area contributed by atoms with Crippen molar-refractivity contribution in [3.8, 4) is 0 Å². The lowest BCUT2D eigenvalue weighted by molar-refractivity contribution is -0.134. The molecule has 1 heterocycles. The molecule has 5 nitrogen and oxygen atoms in total. The maximum Gasteiger partial charge on any atom is 0.259 e. The fraction of sp³-hybridized carbons (Fsp3) is 0.684. The van der Waals surface area contributed by atoms with Gasteiger partial charge in [0.25, 0.3) is 5.91 Å². The van der Waals surface area contributed by atoms with Gasteiger partial charge in [0.05, 0.1) is 6.61 Å². The molecule has 6 heteroatoms. The summed E-state index contributed by atoms with van der Waals surface area (Å²) in [5, 5.41) is 0. The molecule has 0 bridgehead atoms. The van der Waals surface area contributed by atoms with Gasteiger partial charge in [-0.25, -0.2) is 9.38 Å². The number of guanidine groups is 1. The highest BCUT2D eigenvalue weighted by molar-refractivity contribution is 6.06. The summed E-state index contributed by atoms with van der Waals surface area (Å²) in [6.45, 7) is 2.02. The third-order valence-corrected chi connectivity index (χ3v) is 5.59. The zero-order chi connectivity index (χ0) is 18.0. The van der Waals surface area contributed by atoms with Crippen LogP contribution in [0.15, 0.2) is 28.5 Å². The molecule has 1 saturated carbocycles. The molecule has 2 unspecified atom stereocenters. The average Bonchev–Trinajstić information content (AvgIpc) is 2.81. The summed E-state index contributed by atoms with van der Waals surface area (Å²) in [7, 11) is 1.64. The second-order valence-electron chi connectivity index (χ2n) is 7.64. The number of rotatable bonds is 5. The van der Waals surface area contributed by atoms with E-state index in [1.165, 1.54) is 30.2 Å². The van der Waals surface area contributed by atoms with Crippen molar-refractivity contribution >= 4 is 11.9 Å². The molecule has 1 aliphatic heterocycles. The second kappa shape index (κ2) is 7.28. The van der Waals surface area contributed by atoms with Crippen molar-refractivity contribution in [1.82, 2.24) is 4.90 Å². The van der Waals surface area contributed by atoms with E-state index in [4.69, 9.17) is 10.5 Å². The summed E-state index contributed by atoms with van der Waals surface area (Å²) in [4.78, 5) is 18.7. The maximum absolute atomic E-state index is 14.1. The lowest BCUT2D eigenvalue weighted by Crippen LogP contribution is -2.47. The number of amides is 1. The van der Waals surface area contributed by atoms with Crippen LogP contribution in [0.1, 0.15) is 51.9 Å². The third-order valence-electron chi connectivity index (χ3n) is 5.59. The first kappa shape index (κ1) is 18.1. The molecule has 2 aliphatic carbocycles. The second-order valence-corrected chi connectivity index (χ2v) is 7.64. The minimum atomic E-state index is -1.00. The van der Waals surface area contributed by atoms with Crippen molar-refractivity contribution in [2.75, 3.05) is 13.7 Å². The van der Waals surface area contributed by atoms with Gasteiger partial charge in [-0.05, 0) is 25.3 Å². The maximum atomic E-state index is 14.1. The molecule has 2 N–H and O–H groups in total. The molecule has 25 heavy (non-hydrogen) atoms. The zero-order valence-electron chi connectivity index (χ0n) is 15.1. The number of hydrogen-bond acceptors (Lipinski definition) is 4. The van der Waals surface area contributed by atoms with E-state index in [2.05, 4.69) is 4.99 Å². The fourth-order valence-electron chi connectivity index (χ4n) is 4.08. The Labute approximate surface area is 148 Å². The first-order chi connectivity index (χ1) is 11.9. The van der Waals surface area contributed by atoms with Crippen LogP contribution in [0.4, 0.5) is 4.39 Å². The quantitative estimate of drug-likeness (QED) is 0.829. The van der Waals surface area contributed by atoms with Crippen LogP contribution in [0.25, 0.3) is 0 Å². The molecular weight excluding hydrogens is 321 g/mol. The lowest BCUT2D eigenvalue weighted by atomic mass is 9.79. The van der Waals surface area contributed by atoms with Crippen LogP contribution in [0.2, 0.25) is 0 Å². The summed E-state index contributed by atoms with van der Waals surface area (Å²) >= 11 is 0. The number of halogens is 1. The summed E-state index contributed by atoms with van der Waals surface area (Å²) in [6.07, 6.45) is 9.54. The van der Waals surface area contributed by atoms with Gasteiger partial charge in [-0.15, -0.1) is 0 Å². The van der Waals surface area contributed by atoms with Gasteiger partial charge in [0, 0.05) is 13.5 Å². The standard InChI is InChI=1S/C19H28FN3O2/c1-13-8-9-15(20)16(10-13)25-12-19(11-14-6-4-3-5-7-14)17(24)23(2)18(21)22-19/h8-9,14,16H,3-7,10-12H2,1-2H3,(H2,21,22). The van der Waals surface area contributed by atoms with E-state index in [-0.39, 0.29) is 24.3 Å². The molecule has 0 aromatic carbocycles. The highest BCUT2D eigenvalue weighted by Crippen LogP contribution is 2.36. The number of carbonyl (C=O) groups is 1. The van der Waals surface area contributed by atoms with E-state index < -0.39 is 11.6 Å². The molecule has 3 aliphatic rings. The smallest absolute Gasteiger partial charge is 0.259 e. The predicted molar refractivity (Wildman–Crippen MR) is 95.6 cm³/mol. The molecule has 138 valence electrons. The Morgan fingerprint density at radius 3 is 2.72 bits per heavy atom. The third kappa shape index (κ3) is 3.78.